The van der Waals surface area contributed by atoms with Crippen molar-refractivity contribution in [3.63, 3.8) is 0 Å². The second-order valence-corrected chi connectivity index (χ2v) is 6.97. The first-order chi connectivity index (χ1) is 8.71. The van der Waals surface area contributed by atoms with Gasteiger partial charge in [0.25, 0.3) is 14.2 Å². The summed E-state index contributed by atoms with van der Waals surface area (Å²) >= 11 is 0. The Morgan fingerprint density at radius 2 is 1.95 bits per heavy atom. The summed E-state index contributed by atoms with van der Waals surface area (Å²) in [5.41, 5.74) is 1.48. The predicted molar refractivity (Wildman–Crippen MR) is 70.4 cm³/mol. The second-order valence-electron chi connectivity index (χ2n) is 4.51. The zero-order chi connectivity index (χ0) is 14.4. The standard InChI is InChI=1S/C10H14ClN5O2S/c1-6(2)16-9(8-5-15(4)14-7(8)3)12-13-10(16)19(11,17)18/h5-6H,1-4H3. The maximum absolute atomic E-state index is 11.5. The molecule has 0 aromatic carbocycles. The molecule has 9 heteroatoms. The van der Waals surface area contributed by atoms with Crippen LogP contribution in [0, 0.1) is 6.92 Å². The maximum atomic E-state index is 11.5. The number of hydrogen-bond donors (Lipinski definition) is 0. The average Bonchev–Trinajstić information content (AvgIpc) is 2.80. The largest absolute Gasteiger partial charge is 0.296 e. The van der Waals surface area contributed by atoms with Crippen LogP contribution in [0.4, 0.5) is 0 Å². The molecule has 0 fully saturated rings. The summed E-state index contributed by atoms with van der Waals surface area (Å²) < 4.78 is 26.2. The third-order valence-corrected chi connectivity index (χ3v) is 3.78. The summed E-state index contributed by atoms with van der Waals surface area (Å²) in [6.45, 7) is 5.50. The minimum atomic E-state index is -3.94. The van der Waals surface area contributed by atoms with Gasteiger partial charge in [-0.1, -0.05) is 0 Å². The summed E-state index contributed by atoms with van der Waals surface area (Å²) in [4.78, 5) is 0. The molecule has 104 valence electrons. The Balaban J connectivity index is 2.73. The molecule has 2 rings (SSSR count). The molecule has 0 spiro atoms. The summed E-state index contributed by atoms with van der Waals surface area (Å²) in [7, 11) is 3.23. The molecule has 2 aromatic rings. The van der Waals surface area contributed by atoms with Gasteiger partial charge < -0.3 is 0 Å². The fraction of sp³-hybridized carbons (Fsp3) is 0.500. The van der Waals surface area contributed by atoms with Gasteiger partial charge in [0, 0.05) is 30.0 Å². The minimum absolute atomic E-state index is 0.145. The molecular formula is C10H14ClN5O2S. The van der Waals surface area contributed by atoms with Crippen LogP contribution in [-0.2, 0) is 16.1 Å². The van der Waals surface area contributed by atoms with E-state index in [2.05, 4.69) is 15.3 Å². The van der Waals surface area contributed by atoms with Crippen molar-refractivity contribution >= 4 is 19.7 Å². The Morgan fingerprint density at radius 3 is 2.37 bits per heavy atom. The highest BCUT2D eigenvalue weighted by Crippen LogP contribution is 2.27. The van der Waals surface area contributed by atoms with E-state index in [9.17, 15) is 8.42 Å². The van der Waals surface area contributed by atoms with Crippen molar-refractivity contribution in [2.75, 3.05) is 0 Å². The molecule has 0 aliphatic heterocycles. The monoisotopic (exact) mass is 303 g/mol. The molecule has 19 heavy (non-hydrogen) atoms. The number of hydrogen-bond acceptors (Lipinski definition) is 5. The predicted octanol–water partition coefficient (Wildman–Crippen LogP) is 1.50. The normalized spacial score (nSPS) is 12.3. The third-order valence-electron chi connectivity index (χ3n) is 2.65. The van der Waals surface area contributed by atoms with Gasteiger partial charge in [-0.15, -0.1) is 10.2 Å². The summed E-state index contributed by atoms with van der Waals surface area (Å²) in [6, 6.07) is -0.145. The van der Waals surface area contributed by atoms with Crippen molar-refractivity contribution in [2.45, 2.75) is 32.0 Å². The molecule has 0 saturated heterocycles. The molecule has 7 nitrogen and oxygen atoms in total. The molecule has 0 bridgehead atoms. The molecule has 0 saturated carbocycles. The van der Waals surface area contributed by atoms with Crippen LogP contribution in [0.25, 0.3) is 11.4 Å². The van der Waals surface area contributed by atoms with Crippen LogP contribution < -0.4 is 0 Å². The molecule has 0 aliphatic rings. The quantitative estimate of drug-likeness (QED) is 0.802. The highest BCUT2D eigenvalue weighted by atomic mass is 35.7. The summed E-state index contributed by atoms with van der Waals surface area (Å²) in [5.74, 6) is 0.444. The number of aromatic nitrogens is 5. The highest BCUT2D eigenvalue weighted by Gasteiger charge is 2.26. The van der Waals surface area contributed by atoms with Crippen LogP contribution in [0.5, 0.6) is 0 Å². The van der Waals surface area contributed by atoms with E-state index in [1.807, 2.05) is 20.8 Å². The SMILES string of the molecule is Cc1nn(C)cc1-c1nnc(S(=O)(=O)Cl)n1C(C)C. The van der Waals surface area contributed by atoms with Crippen molar-refractivity contribution in [1.82, 2.24) is 24.5 Å². The lowest BCUT2D eigenvalue weighted by molar-refractivity contribution is 0.530. The Hall–Kier alpha value is -1.41. The number of aryl methyl sites for hydroxylation is 2. The van der Waals surface area contributed by atoms with Crippen LogP contribution >= 0.6 is 10.7 Å². The van der Waals surface area contributed by atoms with E-state index in [-0.39, 0.29) is 11.2 Å². The molecule has 0 amide bonds. The first-order valence-electron chi connectivity index (χ1n) is 5.62. The third kappa shape index (κ3) is 2.50. The molecular weight excluding hydrogens is 290 g/mol. The van der Waals surface area contributed by atoms with E-state index in [0.717, 1.165) is 11.3 Å². The van der Waals surface area contributed by atoms with Gasteiger partial charge in [0.1, 0.15) is 0 Å². The number of halogens is 1. The lowest BCUT2D eigenvalue weighted by atomic mass is 10.2. The minimum Gasteiger partial charge on any atom is -0.294 e. The van der Waals surface area contributed by atoms with Gasteiger partial charge in [0.2, 0.25) is 0 Å². The van der Waals surface area contributed by atoms with E-state index < -0.39 is 9.05 Å². The Bertz CT molecular complexity index is 716. The van der Waals surface area contributed by atoms with Crippen LogP contribution in [0.15, 0.2) is 11.4 Å². The van der Waals surface area contributed by atoms with Gasteiger partial charge in [-0.3, -0.25) is 9.25 Å². The van der Waals surface area contributed by atoms with Crippen molar-refractivity contribution in [2.24, 2.45) is 7.05 Å². The van der Waals surface area contributed by atoms with Gasteiger partial charge >= 0.3 is 0 Å². The molecule has 0 N–H and O–H groups in total. The van der Waals surface area contributed by atoms with Crippen LogP contribution in [0.2, 0.25) is 0 Å². The van der Waals surface area contributed by atoms with Crippen molar-refractivity contribution in [1.29, 1.82) is 0 Å². The van der Waals surface area contributed by atoms with Gasteiger partial charge in [-0.2, -0.15) is 5.10 Å². The van der Waals surface area contributed by atoms with E-state index in [0.29, 0.717) is 5.82 Å². The van der Waals surface area contributed by atoms with E-state index in [1.165, 1.54) is 4.57 Å². The topological polar surface area (TPSA) is 82.7 Å². The Morgan fingerprint density at radius 1 is 1.32 bits per heavy atom. The molecule has 0 radical (unpaired) electrons. The van der Waals surface area contributed by atoms with Crippen molar-refractivity contribution < 1.29 is 8.42 Å². The fourth-order valence-electron chi connectivity index (χ4n) is 1.91. The first-order valence-corrected chi connectivity index (χ1v) is 7.93. The zero-order valence-corrected chi connectivity index (χ0v) is 12.6. The smallest absolute Gasteiger partial charge is 0.294 e. The van der Waals surface area contributed by atoms with Gasteiger partial charge in [-0.05, 0) is 20.8 Å². The van der Waals surface area contributed by atoms with Crippen LogP contribution in [0.1, 0.15) is 25.6 Å². The molecule has 0 aliphatic carbocycles. The van der Waals surface area contributed by atoms with Gasteiger partial charge in [-0.25, -0.2) is 8.42 Å². The highest BCUT2D eigenvalue weighted by molar-refractivity contribution is 8.13. The van der Waals surface area contributed by atoms with Gasteiger partial charge in [0.15, 0.2) is 5.82 Å². The fourth-order valence-corrected chi connectivity index (χ4v) is 2.90. The van der Waals surface area contributed by atoms with E-state index in [4.69, 9.17) is 10.7 Å². The lowest BCUT2D eigenvalue weighted by Crippen LogP contribution is -2.10. The Labute approximate surface area is 115 Å². The van der Waals surface area contributed by atoms with Crippen LogP contribution in [-0.4, -0.2) is 33.0 Å². The average molecular weight is 304 g/mol. The zero-order valence-electron chi connectivity index (χ0n) is 11.0. The first kappa shape index (κ1) is 14.0. The second kappa shape index (κ2) is 4.61. The van der Waals surface area contributed by atoms with E-state index >= 15 is 0 Å². The molecule has 0 unspecified atom stereocenters. The molecule has 2 aromatic heterocycles. The Kier molecular flexibility index (Phi) is 3.40. The van der Waals surface area contributed by atoms with Crippen molar-refractivity contribution in [3.05, 3.63) is 11.9 Å². The maximum Gasteiger partial charge on any atom is 0.296 e. The molecule has 0 atom stereocenters. The number of rotatable bonds is 3. The number of nitrogens with zero attached hydrogens (tertiary/aromatic N) is 5. The van der Waals surface area contributed by atoms with Crippen LogP contribution in [0.3, 0.4) is 0 Å². The van der Waals surface area contributed by atoms with E-state index in [1.54, 1.807) is 17.9 Å². The lowest BCUT2D eigenvalue weighted by Gasteiger charge is -2.11. The van der Waals surface area contributed by atoms with Crippen molar-refractivity contribution in [3.8, 4) is 11.4 Å². The van der Waals surface area contributed by atoms with Gasteiger partial charge in [0.05, 0.1) is 11.3 Å². The summed E-state index contributed by atoms with van der Waals surface area (Å²) in [6.07, 6.45) is 1.77. The molecule has 2 heterocycles. The summed E-state index contributed by atoms with van der Waals surface area (Å²) in [5, 5.41) is 11.6.